The summed E-state index contributed by atoms with van der Waals surface area (Å²) in [6, 6.07) is 14.8. The minimum absolute atomic E-state index is 0.407. The third-order valence-electron chi connectivity index (χ3n) is 4.12. The van der Waals surface area contributed by atoms with E-state index in [1.54, 1.807) is 6.20 Å². The number of hydrogen-bond acceptors (Lipinski definition) is 4. The van der Waals surface area contributed by atoms with E-state index >= 15 is 0 Å². The van der Waals surface area contributed by atoms with Gasteiger partial charge in [-0.1, -0.05) is 30.3 Å². The predicted molar refractivity (Wildman–Crippen MR) is 88.1 cm³/mol. The molecule has 1 aliphatic rings. The number of rotatable bonds is 5. The largest absolute Gasteiger partial charge is 0.476 e. The van der Waals surface area contributed by atoms with Crippen LogP contribution in [0.25, 0.3) is 0 Å². The van der Waals surface area contributed by atoms with Gasteiger partial charge in [-0.3, -0.25) is 4.90 Å². The Hall–Kier alpha value is -1.91. The molecule has 1 N–H and O–H groups in total. The van der Waals surface area contributed by atoms with Crippen LogP contribution in [-0.2, 0) is 0 Å². The molecule has 0 aliphatic carbocycles. The summed E-state index contributed by atoms with van der Waals surface area (Å²) in [6.07, 6.45) is 1.76. The highest BCUT2D eigenvalue weighted by Crippen LogP contribution is 2.20. The Kier molecular flexibility index (Phi) is 5.03. The quantitative estimate of drug-likeness (QED) is 0.919. The number of ether oxygens (including phenoxy) is 1. The van der Waals surface area contributed by atoms with Crippen molar-refractivity contribution in [3.63, 3.8) is 0 Å². The van der Waals surface area contributed by atoms with Crippen molar-refractivity contribution in [1.29, 1.82) is 0 Å². The number of piperazine rings is 1. The lowest BCUT2D eigenvalue weighted by atomic mass is 9.99. The second-order valence-corrected chi connectivity index (χ2v) is 5.68. The van der Waals surface area contributed by atoms with Crippen LogP contribution in [0, 0.1) is 6.92 Å². The van der Waals surface area contributed by atoms with Gasteiger partial charge in [-0.25, -0.2) is 4.98 Å². The van der Waals surface area contributed by atoms with Crippen LogP contribution in [0.5, 0.6) is 5.88 Å². The van der Waals surface area contributed by atoms with Gasteiger partial charge in [0.1, 0.15) is 6.61 Å². The molecule has 2 aromatic rings. The summed E-state index contributed by atoms with van der Waals surface area (Å²) in [5, 5.41) is 3.62. The van der Waals surface area contributed by atoms with Gasteiger partial charge in [0.2, 0.25) is 5.88 Å². The molecule has 0 bridgehead atoms. The molecule has 22 heavy (non-hydrogen) atoms. The molecular weight excluding hydrogens is 274 g/mol. The minimum atomic E-state index is 0.407. The van der Waals surface area contributed by atoms with Crippen LogP contribution in [0.1, 0.15) is 17.2 Å². The summed E-state index contributed by atoms with van der Waals surface area (Å²) < 4.78 is 5.70. The van der Waals surface area contributed by atoms with E-state index in [0.717, 1.165) is 26.2 Å². The van der Waals surface area contributed by atoms with Gasteiger partial charge in [-0.15, -0.1) is 0 Å². The molecule has 1 unspecified atom stereocenters. The first-order valence-corrected chi connectivity index (χ1v) is 7.88. The van der Waals surface area contributed by atoms with Gasteiger partial charge < -0.3 is 10.1 Å². The van der Waals surface area contributed by atoms with Crippen molar-refractivity contribution >= 4 is 0 Å². The van der Waals surface area contributed by atoms with Crippen molar-refractivity contribution in [2.24, 2.45) is 0 Å². The highest BCUT2D eigenvalue weighted by Gasteiger charge is 2.21. The van der Waals surface area contributed by atoms with Crippen LogP contribution in [0.2, 0.25) is 0 Å². The van der Waals surface area contributed by atoms with Gasteiger partial charge in [-0.2, -0.15) is 0 Å². The van der Waals surface area contributed by atoms with E-state index in [1.807, 2.05) is 18.2 Å². The van der Waals surface area contributed by atoms with Crippen molar-refractivity contribution in [2.75, 3.05) is 32.8 Å². The van der Waals surface area contributed by atoms with E-state index < -0.39 is 0 Å². The normalized spacial score (nSPS) is 19.0. The zero-order valence-electron chi connectivity index (χ0n) is 13.0. The first kappa shape index (κ1) is 15.0. The summed E-state index contributed by atoms with van der Waals surface area (Å²) >= 11 is 0. The highest BCUT2D eigenvalue weighted by molar-refractivity contribution is 5.29. The Balaban J connectivity index is 1.52. The molecule has 0 amide bonds. The first-order valence-electron chi connectivity index (χ1n) is 7.88. The maximum atomic E-state index is 5.70. The van der Waals surface area contributed by atoms with Crippen LogP contribution in [0.4, 0.5) is 0 Å². The number of aryl methyl sites for hydroxylation is 1. The summed E-state index contributed by atoms with van der Waals surface area (Å²) in [5.74, 6) is 0.702. The molecule has 0 spiro atoms. The van der Waals surface area contributed by atoms with E-state index in [0.29, 0.717) is 18.5 Å². The van der Waals surface area contributed by atoms with E-state index in [1.165, 1.54) is 11.1 Å². The third kappa shape index (κ3) is 3.84. The van der Waals surface area contributed by atoms with Gasteiger partial charge in [0.15, 0.2) is 0 Å². The van der Waals surface area contributed by atoms with Gasteiger partial charge >= 0.3 is 0 Å². The molecule has 1 aromatic heterocycles. The van der Waals surface area contributed by atoms with Crippen molar-refractivity contribution in [2.45, 2.75) is 13.0 Å². The second kappa shape index (κ2) is 7.38. The average molecular weight is 297 g/mol. The molecule has 0 saturated carbocycles. The Morgan fingerprint density at radius 1 is 1.23 bits per heavy atom. The Bertz CT molecular complexity index is 588. The number of aromatic nitrogens is 1. The SMILES string of the molecule is Cc1ccccc1C1CN(CCOc2ccccn2)CCN1. The summed E-state index contributed by atoms with van der Waals surface area (Å²) in [6.45, 7) is 6.89. The van der Waals surface area contributed by atoms with Crippen molar-refractivity contribution in [3.8, 4) is 5.88 Å². The predicted octanol–water partition coefficient (Wildman–Crippen LogP) is 2.42. The fourth-order valence-electron chi connectivity index (χ4n) is 2.91. The third-order valence-corrected chi connectivity index (χ3v) is 4.12. The molecule has 1 atom stereocenters. The van der Waals surface area contributed by atoms with Crippen LogP contribution in [0.15, 0.2) is 48.7 Å². The maximum absolute atomic E-state index is 5.70. The number of nitrogens with zero attached hydrogens (tertiary/aromatic N) is 2. The molecule has 0 radical (unpaired) electrons. The highest BCUT2D eigenvalue weighted by atomic mass is 16.5. The van der Waals surface area contributed by atoms with Gasteiger partial charge in [0.25, 0.3) is 0 Å². The molecular formula is C18H23N3O. The standard InChI is InChI=1S/C18H23N3O/c1-15-6-2-3-7-16(15)17-14-21(11-10-19-17)12-13-22-18-8-4-5-9-20-18/h2-9,17,19H,10-14H2,1H3. The average Bonchev–Trinajstić information content (AvgIpc) is 2.57. The molecule has 4 heteroatoms. The lowest BCUT2D eigenvalue weighted by Crippen LogP contribution is -2.47. The lowest BCUT2D eigenvalue weighted by molar-refractivity contribution is 0.163. The van der Waals surface area contributed by atoms with E-state index in [9.17, 15) is 0 Å². The fourth-order valence-corrected chi connectivity index (χ4v) is 2.91. The fraction of sp³-hybridized carbons (Fsp3) is 0.389. The zero-order valence-corrected chi connectivity index (χ0v) is 13.0. The van der Waals surface area contributed by atoms with Crippen molar-refractivity contribution < 1.29 is 4.74 Å². The molecule has 3 rings (SSSR count). The molecule has 1 fully saturated rings. The molecule has 1 aromatic carbocycles. The lowest BCUT2D eigenvalue weighted by Gasteiger charge is -2.34. The van der Waals surface area contributed by atoms with Crippen LogP contribution >= 0.6 is 0 Å². The van der Waals surface area contributed by atoms with Gasteiger partial charge in [-0.05, 0) is 24.1 Å². The molecule has 1 saturated heterocycles. The summed E-state index contributed by atoms with van der Waals surface area (Å²) in [5.41, 5.74) is 2.75. The maximum Gasteiger partial charge on any atom is 0.213 e. The second-order valence-electron chi connectivity index (χ2n) is 5.68. The van der Waals surface area contributed by atoms with E-state index in [2.05, 4.69) is 46.4 Å². The van der Waals surface area contributed by atoms with Gasteiger partial charge in [0.05, 0.1) is 0 Å². The molecule has 2 heterocycles. The molecule has 116 valence electrons. The van der Waals surface area contributed by atoms with Crippen molar-refractivity contribution in [1.82, 2.24) is 15.2 Å². The summed E-state index contributed by atoms with van der Waals surface area (Å²) in [7, 11) is 0. The minimum Gasteiger partial charge on any atom is -0.476 e. The zero-order chi connectivity index (χ0) is 15.2. The number of benzene rings is 1. The Morgan fingerprint density at radius 3 is 2.91 bits per heavy atom. The van der Waals surface area contributed by atoms with Gasteiger partial charge in [0, 0.05) is 44.5 Å². The van der Waals surface area contributed by atoms with Crippen LogP contribution in [0.3, 0.4) is 0 Å². The number of hydrogen-bond donors (Lipinski definition) is 1. The Labute approximate surface area is 132 Å². The van der Waals surface area contributed by atoms with E-state index in [4.69, 9.17) is 4.74 Å². The topological polar surface area (TPSA) is 37.4 Å². The summed E-state index contributed by atoms with van der Waals surface area (Å²) in [4.78, 5) is 6.64. The Morgan fingerprint density at radius 2 is 2.09 bits per heavy atom. The van der Waals surface area contributed by atoms with E-state index in [-0.39, 0.29) is 0 Å². The van der Waals surface area contributed by atoms with Crippen LogP contribution in [-0.4, -0.2) is 42.7 Å². The van der Waals surface area contributed by atoms with Crippen molar-refractivity contribution in [3.05, 3.63) is 59.8 Å². The molecule has 1 aliphatic heterocycles. The number of nitrogens with one attached hydrogen (secondary N) is 1. The first-order chi connectivity index (χ1) is 10.8. The molecule has 4 nitrogen and oxygen atoms in total. The van der Waals surface area contributed by atoms with Crippen LogP contribution < -0.4 is 10.1 Å². The number of pyridine rings is 1. The smallest absolute Gasteiger partial charge is 0.213 e. The monoisotopic (exact) mass is 297 g/mol.